The molecule has 0 bridgehead atoms. The number of oxime groups is 1. The summed E-state index contributed by atoms with van der Waals surface area (Å²) in [6.45, 7) is 6.05. The van der Waals surface area contributed by atoms with Crippen LogP contribution in [0.5, 0.6) is 11.5 Å². The molecule has 23 nitrogen and oxygen atoms in total. The number of aliphatic hydroxyl groups excluding tert-OH is 3. The first-order valence-corrected chi connectivity index (χ1v) is 22.6. The number of imide groups is 1. The second kappa shape index (κ2) is 26.6. The molecule has 2 aliphatic heterocycles. The number of fused-ring (bicyclic) bond motifs is 2. The van der Waals surface area contributed by atoms with E-state index >= 15 is 0 Å². The lowest BCUT2D eigenvalue weighted by molar-refractivity contribution is -0.271. The number of carboxylic acid groups (broad SMARTS) is 1. The van der Waals surface area contributed by atoms with Gasteiger partial charge in [-0.15, -0.1) is 5.16 Å². The highest BCUT2D eigenvalue weighted by Gasteiger charge is 2.48. The average molecular weight is 995 g/mol. The molecule has 0 unspecified atom stereocenters. The summed E-state index contributed by atoms with van der Waals surface area (Å²) in [4.78, 5) is 73.5. The molecule has 4 aromatic rings. The highest BCUT2D eigenvalue weighted by atomic mass is 16.7. The Kier molecular flexibility index (Phi) is 20.2. The third kappa shape index (κ3) is 13.9. The number of nitrogens with zero attached hydrogens (tertiary/aromatic N) is 3. The highest BCUT2D eigenvalue weighted by Crippen LogP contribution is 2.40. The van der Waals surface area contributed by atoms with E-state index in [-0.39, 0.29) is 57.4 Å². The molecule has 5 atom stereocenters. The molecule has 0 saturated carbocycles. The number of carbonyl (C=O) groups is 5. The van der Waals surface area contributed by atoms with E-state index < -0.39 is 60.5 Å². The van der Waals surface area contributed by atoms with Crippen molar-refractivity contribution >= 4 is 58.0 Å². The van der Waals surface area contributed by atoms with Crippen LogP contribution in [0.15, 0.2) is 65.8 Å². The largest absolute Gasteiger partial charge is 0.496 e. The summed E-state index contributed by atoms with van der Waals surface area (Å²) in [5.74, 6) is -3.11. The Morgan fingerprint density at radius 2 is 1.41 bits per heavy atom. The summed E-state index contributed by atoms with van der Waals surface area (Å²) in [6, 6.07) is 16.5. The minimum atomic E-state index is -1.98. The number of aliphatic hydroxyl groups is 3. The molecule has 2 heterocycles. The van der Waals surface area contributed by atoms with E-state index in [9.17, 15) is 44.4 Å². The first-order valence-electron chi connectivity index (χ1n) is 22.6. The molecule has 1 fully saturated rings. The molecule has 23 heteroatoms. The number of carbonyl (C=O) groups excluding carboxylic acids is 4. The van der Waals surface area contributed by atoms with Crippen molar-refractivity contribution in [1.82, 2.24) is 15.1 Å². The number of benzene rings is 4. The van der Waals surface area contributed by atoms with Crippen LogP contribution in [0.3, 0.4) is 0 Å². The van der Waals surface area contributed by atoms with E-state index in [0.29, 0.717) is 91.5 Å². The van der Waals surface area contributed by atoms with Gasteiger partial charge in [0.1, 0.15) is 43.0 Å². The van der Waals surface area contributed by atoms with Gasteiger partial charge in [-0.05, 0) is 46.7 Å². The molecule has 5 N–H and O–H groups in total. The van der Waals surface area contributed by atoms with Gasteiger partial charge in [-0.2, -0.15) is 0 Å². The molecule has 4 aromatic carbocycles. The van der Waals surface area contributed by atoms with Crippen LogP contribution in [-0.4, -0.2) is 204 Å². The summed E-state index contributed by atoms with van der Waals surface area (Å²) < 4.78 is 49.3. The standard InChI is InChI=1S/C48H58N4O19/c1-49-69-25-24-67-23-22-66-21-20-65-19-18-64-17-16-63-15-12-50-43(56)34-26-29(8-10-36(34)70-47-41(55)39(53)40(54)42(71-47)46(59)60)28-68-48(61)51(2)13-14-52-44(57)32-9-11-35(62-3)33-27-30-6-4-5-7-31(30)38(37(32)33)45(52)58/h4-11,26-27,39-42,47,53-55H,1,12-25,28H2,2-3H3,(H,50,56)(H,59,60)/t39-,40-,41+,42-,47+/m0/s1. The minimum absolute atomic E-state index is 0.0119. The highest BCUT2D eigenvalue weighted by molar-refractivity contribution is 6.31. The lowest BCUT2D eigenvalue weighted by Crippen LogP contribution is -2.61. The Labute approximate surface area is 407 Å². The maximum atomic E-state index is 14.1. The van der Waals surface area contributed by atoms with Crippen molar-refractivity contribution in [2.24, 2.45) is 5.16 Å². The fourth-order valence-corrected chi connectivity index (χ4v) is 7.60. The van der Waals surface area contributed by atoms with E-state index in [1.165, 1.54) is 37.3 Å². The molecule has 0 aromatic heterocycles. The summed E-state index contributed by atoms with van der Waals surface area (Å²) in [7, 11) is 2.94. The lowest BCUT2D eigenvalue weighted by atomic mass is 9.89. The fraction of sp³-hybridized carbons (Fsp3) is 0.458. The number of aliphatic carboxylic acids is 1. The molecule has 4 amide bonds. The van der Waals surface area contributed by atoms with Gasteiger partial charge >= 0.3 is 12.1 Å². The van der Waals surface area contributed by atoms with Gasteiger partial charge in [0.15, 0.2) is 6.10 Å². The maximum Gasteiger partial charge on any atom is 0.409 e. The van der Waals surface area contributed by atoms with Crippen molar-refractivity contribution in [3.63, 3.8) is 0 Å². The number of hydrogen-bond donors (Lipinski definition) is 5. The third-order valence-electron chi connectivity index (χ3n) is 11.2. The topological polar surface area (TPSA) is 289 Å². The SMILES string of the molecule is C=NOCCOCCOCCOCCOCCOCCNC(=O)c1cc(COC(=O)N(C)CCN2C(=O)c3ccc(OC)c4cc5ccccc5c(c34)C2=O)ccc1O[C@@H]1O[C@H](C(=O)O)[C@@H](O)[C@H](O)[C@H]1O. The summed E-state index contributed by atoms with van der Waals surface area (Å²) in [5, 5.41) is 49.1. The van der Waals surface area contributed by atoms with Crippen LogP contribution in [0.1, 0.15) is 36.6 Å². The second-order valence-electron chi connectivity index (χ2n) is 15.9. The van der Waals surface area contributed by atoms with E-state index in [2.05, 4.69) is 17.2 Å². The third-order valence-corrected chi connectivity index (χ3v) is 11.2. The van der Waals surface area contributed by atoms with Crippen LogP contribution in [0.25, 0.3) is 21.5 Å². The molecule has 71 heavy (non-hydrogen) atoms. The number of hydrogen-bond acceptors (Lipinski definition) is 19. The molecule has 6 rings (SSSR count). The molecule has 384 valence electrons. The molecular weight excluding hydrogens is 937 g/mol. The maximum absolute atomic E-state index is 14.1. The van der Waals surface area contributed by atoms with Gasteiger partial charge in [0.25, 0.3) is 17.7 Å². The van der Waals surface area contributed by atoms with E-state index in [1.54, 1.807) is 18.2 Å². The van der Waals surface area contributed by atoms with Crippen molar-refractivity contribution in [2.45, 2.75) is 37.3 Å². The molecule has 1 saturated heterocycles. The summed E-state index contributed by atoms with van der Waals surface area (Å²) in [6.07, 6.45) is -10.5. The van der Waals surface area contributed by atoms with E-state index in [1.807, 2.05) is 24.3 Å². The lowest BCUT2D eigenvalue weighted by Gasteiger charge is -2.38. The van der Waals surface area contributed by atoms with E-state index in [0.717, 1.165) is 10.3 Å². The van der Waals surface area contributed by atoms with Crippen LogP contribution in [-0.2, 0) is 49.4 Å². The predicted molar refractivity (Wildman–Crippen MR) is 250 cm³/mol. The van der Waals surface area contributed by atoms with Crippen LogP contribution in [0, 0.1) is 0 Å². The first kappa shape index (κ1) is 53.8. The van der Waals surface area contributed by atoms with Crippen molar-refractivity contribution in [3.8, 4) is 11.5 Å². The van der Waals surface area contributed by atoms with Gasteiger partial charge in [0.2, 0.25) is 6.29 Å². The number of nitrogens with one attached hydrogen (secondary N) is 1. The minimum Gasteiger partial charge on any atom is -0.496 e. The number of carboxylic acids is 1. The Morgan fingerprint density at radius 1 is 0.775 bits per heavy atom. The number of ether oxygens (including phenoxy) is 9. The van der Waals surface area contributed by atoms with Crippen LogP contribution < -0.4 is 14.8 Å². The zero-order valence-electron chi connectivity index (χ0n) is 39.2. The Bertz CT molecular complexity index is 2490. The van der Waals surface area contributed by atoms with Crippen molar-refractivity contribution in [3.05, 3.63) is 82.9 Å². The van der Waals surface area contributed by atoms with Gasteiger partial charge in [-0.3, -0.25) is 19.3 Å². The molecule has 2 aliphatic rings. The molecule has 0 radical (unpaired) electrons. The smallest absolute Gasteiger partial charge is 0.409 e. The molecule has 0 spiro atoms. The van der Waals surface area contributed by atoms with Gasteiger partial charge < -0.3 is 78.1 Å². The summed E-state index contributed by atoms with van der Waals surface area (Å²) in [5.41, 5.74) is 0.798. The number of amides is 4. The van der Waals surface area contributed by atoms with Gasteiger partial charge in [-0.1, -0.05) is 30.3 Å². The van der Waals surface area contributed by atoms with Crippen LogP contribution in [0.4, 0.5) is 4.79 Å². The summed E-state index contributed by atoms with van der Waals surface area (Å²) >= 11 is 0. The van der Waals surface area contributed by atoms with Gasteiger partial charge in [-0.25, -0.2) is 9.59 Å². The van der Waals surface area contributed by atoms with Crippen molar-refractivity contribution in [1.29, 1.82) is 0 Å². The molecule has 0 aliphatic carbocycles. The fourth-order valence-electron chi connectivity index (χ4n) is 7.60. The number of likely N-dealkylation sites (N-methyl/N-ethyl adjacent to an activating group) is 1. The zero-order chi connectivity index (χ0) is 50.9. The van der Waals surface area contributed by atoms with Crippen LogP contribution in [0.2, 0.25) is 0 Å². The monoisotopic (exact) mass is 994 g/mol. The second-order valence-corrected chi connectivity index (χ2v) is 15.9. The quantitative estimate of drug-likeness (QED) is 0.0170. The van der Waals surface area contributed by atoms with Gasteiger partial charge in [0.05, 0.1) is 84.3 Å². The average Bonchev–Trinajstić information content (AvgIpc) is 3.37. The number of methoxy groups -OCH3 is 1. The Balaban J connectivity index is 1.00. The van der Waals surface area contributed by atoms with Crippen molar-refractivity contribution in [2.75, 3.05) is 106 Å². The Morgan fingerprint density at radius 3 is 2.06 bits per heavy atom. The Hall–Kier alpha value is -6.54. The predicted octanol–water partition coefficient (Wildman–Crippen LogP) is 1.58. The van der Waals surface area contributed by atoms with Crippen LogP contribution >= 0.6 is 0 Å². The van der Waals surface area contributed by atoms with Gasteiger partial charge in [0, 0.05) is 49.7 Å². The van der Waals surface area contributed by atoms with E-state index in [4.69, 9.17) is 47.5 Å². The van der Waals surface area contributed by atoms with Crippen molar-refractivity contribution < 1.29 is 91.9 Å². The molecular formula is C48H58N4O19. The number of rotatable bonds is 29. The first-order chi connectivity index (χ1) is 34.4. The normalized spacial score (nSPS) is 18.6. The zero-order valence-corrected chi connectivity index (χ0v) is 39.2.